The van der Waals surface area contributed by atoms with Crippen molar-refractivity contribution < 1.29 is 0 Å². The van der Waals surface area contributed by atoms with Gasteiger partial charge in [0.05, 0.1) is 9.89 Å². The molecule has 1 N–H and O–H groups in total. The second-order valence-electron chi connectivity index (χ2n) is 7.68. The molecule has 0 bridgehead atoms. The van der Waals surface area contributed by atoms with Crippen LogP contribution in [-0.4, -0.2) is 19.8 Å². The van der Waals surface area contributed by atoms with Crippen LogP contribution in [0.3, 0.4) is 0 Å². The minimum absolute atomic E-state index is 0.189. The van der Waals surface area contributed by atoms with Crippen LogP contribution in [-0.2, 0) is 5.41 Å². The van der Waals surface area contributed by atoms with Crippen LogP contribution in [0.25, 0.3) is 5.65 Å². The summed E-state index contributed by atoms with van der Waals surface area (Å²) in [4.78, 5) is 4.92. The Labute approximate surface area is 164 Å². The highest BCUT2D eigenvalue weighted by Gasteiger charge is 2.35. The lowest BCUT2D eigenvalue weighted by Crippen LogP contribution is -2.27. The van der Waals surface area contributed by atoms with E-state index in [1.807, 2.05) is 6.92 Å². The van der Waals surface area contributed by atoms with E-state index in [4.69, 9.17) is 10.1 Å². The summed E-state index contributed by atoms with van der Waals surface area (Å²) in [5.41, 5.74) is 5.66. The molecular weight excluding hydrogens is 388 g/mol. The Hall–Kier alpha value is -1.62. The quantitative estimate of drug-likeness (QED) is 0.478. The molecule has 4 nitrogen and oxygen atoms in total. The molecule has 0 saturated heterocycles. The third-order valence-electron chi connectivity index (χ3n) is 5.41. The maximum absolute atomic E-state index is 4.92. The zero-order valence-corrected chi connectivity index (χ0v) is 18.1. The number of H-pyrrole nitrogens is 1. The number of rotatable bonds is 7. The van der Waals surface area contributed by atoms with Gasteiger partial charge in [0.15, 0.2) is 11.5 Å². The molecule has 3 aromatic rings. The number of benzene rings is 1. The van der Waals surface area contributed by atoms with E-state index in [1.54, 1.807) is 4.63 Å². The minimum Gasteiger partial charge on any atom is -0.279 e. The molecule has 0 aliphatic carbocycles. The Morgan fingerprint density at radius 1 is 1.15 bits per heavy atom. The molecule has 2 heterocycles. The van der Waals surface area contributed by atoms with Gasteiger partial charge in [-0.2, -0.15) is 4.63 Å². The second-order valence-corrected chi connectivity index (χ2v) is 8.48. The van der Waals surface area contributed by atoms with Gasteiger partial charge < -0.3 is 0 Å². The second kappa shape index (κ2) is 7.55. The average Bonchev–Trinajstić information content (AvgIpc) is 3.12. The first-order chi connectivity index (χ1) is 12.4. The van der Waals surface area contributed by atoms with Crippen LogP contribution in [0.15, 0.2) is 22.7 Å². The Bertz CT molecular complexity index is 908. The van der Waals surface area contributed by atoms with Gasteiger partial charge in [-0.15, -0.1) is 5.10 Å². The van der Waals surface area contributed by atoms with E-state index in [0.29, 0.717) is 0 Å². The monoisotopic (exact) mass is 416 g/mol. The zero-order valence-electron chi connectivity index (χ0n) is 16.5. The van der Waals surface area contributed by atoms with Crippen LogP contribution in [0, 0.1) is 20.8 Å². The number of halogens is 1. The van der Waals surface area contributed by atoms with Crippen LogP contribution in [0.4, 0.5) is 0 Å². The third kappa shape index (κ3) is 3.46. The predicted molar refractivity (Wildman–Crippen MR) is 111 cm³/mol. The van der Waals surface area contributed by atoms with Crippen molar-refractivity contribution in [1.82, 2.24) is 19.8 Å². The number of hydrogen-bond acceptors (Lipinski definition) is 2. The van der Waals surface area contributed by atoms with E-state index in [9.17, 15) is 0 Å². The van der Waals surface area contributed by atoms with Crippen molar-refractivity contribution in [2.45, 2.75) is 72.1 Å². The van der Waals surface area contributed by atoms with Crippen molar-refractivity contribution in [2.24, 2.45) is 0 Å². The summed E-state index contributed by atoms with van der Waals surface area (Å²) in [6.07, 6.45) is 6.03. The highest BCUT2D eigenvalue weighted by atomic mass is 79.9. The van der Waals surface area contributed by atoms with E-state index in [0.717, 1.165) is 28.1 Å². The van der Waals surface area contributed by atoms with Gasteiger partial charge in [0.2, 0.25) is 0 Å². The largest absolute Gasteiger partial charge is 0.279 e. The molecule has 26 heavy (non-hydrogen) atoms. The van der Waals surface area contributed by atoms with Crippen LogP contribution < -0.4 is 0 Å². The van der Waals surface area contributed by atoms with Crippen LogP contribution >= 0.6 is 15.9 Å². The summed E-state index contributed by atoms with van der Waals surface area (Å²) in [7, 11) is 0. The van der Waals surface area contributed by atoms with E-state index in [2.05, 4.69) is 66.9 Å². The fourth-order valence-corrected chi connectivity index (χ4v) is 4.19. The van der Waals surface area contributed by atoms with Crippen molar-refractivity contribution >= 4 is 21.6 Å². The Morgan fingerprint density at radius 2 is 1.92 bits per heavy atom. The van der Waals surface area contributed by atoms with Crippen LogP contribution in [0.1, 0.15) is 74.2 Å². The molecule has 1 atom stereocenters. The van der Waals surface area contributed by atoms with E-state index < -0.39 is 0 Å². The number of hydrogen-bond donors (Lipinski definition) is 1. The summed E-state index contributed by atoms with van der Waals surface area (Å²) in [6, 6.07) is 6.73. The van der Waals surface area contributed by atoms with Gasteiger partial charge >= 0.3 is 0 Å². The summed E-state index contributed by atoms with van der Waals surface area (Å²) in [5, 5.41) is 8.09. The fourth-order valence-electron chi connectivity index (χ4n) is 3.85. The highest BCUT2D eigenvalue weighted by molar-refractivity contribution is 9.10. The van der Waals surface area contributed by atoms with Gasteiger partial charge in [0.25, 0.3) is 0 Å². The molecule has 3 rings (SSSR count). The number of aryl methyl sites for hydroxylation is 3. The molecule has 140 valence electrons. The molecule has 1 aromatic carbocycles. The highest BCUT2D eigenvalue weighted by Crippen LogP contribution is 2.38. The van der Waals surface area contributed by atoms with Crippen molar-refractivity contribution in [3.05, 3.63) is 50.9 Å². The first-order valence-corrected chi connectivity index (χ1v) is 10.3. The van der Waals surface area contributed by atoms with Gasteiger partial charge in [-0.05, 0) is 61.2 Å². The van der Waals surface area contributed by atoms with Gasteiger partial charge in [-0.25, -0.2) is 4.98 Å². The lowest BCUT2D eigenvalue weighted by molar-refractivity contribution is 0.451. The van der Waals surface area contributed by atoms with Crippen molar-refractivity contribution in [1.29, 1.82) is 0 Å². The summed E-state index contributed by atoms with van der Waals surface area (Å²) in [6.45, 7) is 10.9. The maximum atomic E-state index is 4.92. The van der Waals surface area contributed by atoms with Gasteiger partial charge in [-0.3, -0.25) is 5.10 Å². The first-order valence-electron chi connectivity index (χ1n) is 9.56. The molecule has 2 aromatic heterocycles. The molecule has 0 amide bonds. The molecule has 0 fully saturated rings. The Morgan fingerprint density at radius 3 is 2.58 bits per heavy atom. The summed E-state index contributed by atoms with van der Waals surface area (Å²) >= 11 is 3.63. The standard InChI is InChI=1S/C21H29BrN4/c1-6-7-8-9-12-21(5,17-11-10-14(2)13-15(17)3)20-23-19-18(22)16(4)24-26(19)25-20/h10-11,13,24H,6-9,12H2,1-5H3. The topological polar surface area (TPSA) is 46.0 Å². The molecule has 0 aliphatic heterocycles. The van der Waals surface area contributed by atoms with Crippen LogP contribution in [0.2, 0.25) is 0 Å². The molecule has 0 saturated carbocycles. The van der Waals surface area contributed by atoms with Crippen LogP contribution in [0.5, 0.6) is 0 Å². The predicted octanol–water partition coefficient (Wildman–Crippen LogP) is 6.02. The lowest BCUT2D eigenvalue weighted by atomic mass is 9.75. The Kier molecular flexibility index (Phi) is 5.56. The maximum Gasteiger partial charge on any atom is 0.190 e. The molecule has 5 heteroatoms. The van der Waals surface area contributed by atoms with Gasteiger partial charge in [-0.1, -0.05) is 56.4 Å². The lowest BCUT2D eigenvalue weighted by Gasteiger charge is -2.29. The number of unbranched alkanes of at least 4 members (excludes halogenated alkanes) is 3. The van der Waals surface area contributed by atoms with E-state index in [1.165, 1.54) is 42.4 Å². The number of aromatic nitrogens is 4. The number of fused-ring (bicyclic) bond motifs is 1. The number of nitrogens with one attached hydrogen (secondary N) is 1. The molecule has 0 spiro atoms. The first kappa shape index (κ1) is 19.2. The van der Waals surface area contributed by atoms with Crippen molar-refractivity contribution in [3.8, 4) is 0 Å². The number of aromatic amines is 1. The molecular formula is C21H29BrN4. The zero-order chi connectivity index (χ0) is 18.9. The average molecular weight is 417 g/mol. The van der Waals surface area contributed by atoms with E-state index >= 15 is 0 Å². The van der Waals surface area contributed by atoms with Gasteiger partial charge in [0, 0.05) is 5.69 Å². The SMILES string of the molecule is CCCCCCC(C)(c1nc2c(Br)c(C)[nH]n2n1)c1ccc(C)cc1C. The smallest absolute Gasteiger partial charge is 0.190 e. The summed E-state index contributed by atoms with van der Waals surface area (Å²) in [5.74, 6) is 0.896. The van der Waals surface area contributed by atoms with Crippen molar-refractivity contribution in [3.63, 3.8) is 0 Å². The minimum atomic E-state index is -0.189. The fraction of sp³-hybridized carbons (Fsp3) is 0.524. The molecule has 0 aliphatic rings. The van der Waals surface area contributed by atoms with Gasteiger partial charge in [0.1, 0.15) is 0 Å². The number of nitrogens with zero attached hydrogens (tertiary/aromatic N) is 3. The van der Waals surface area contributed by atoms with E-state index in [-0.39, 0.29) is 5.41 Å². The van der Waals surface area contributed by atoms with Crippen molar-refractivity contribution in [2.75, 3.05) is 0 Å². The normalized spacial score (nSPS) is 14.1. The Balaban J connectivity index is 2.06. The summed E-state index contributed by atoms with van der Waals surface area (Å²) < 4.78 is 2.79. The molecule has 1 unspecified atom stereocenters. The third-order valence-corrected chi connectivity index (χ3v) is 6.36. The molecule has 0 radical (unpaired) electrons.